The molecule has 0 aliphatic rings. The van der Waals surface area contributed by atoms with Gasteiger partial charge in [-0.1, -0.05) is 0 Å². The molecule has 7 nitrogen and oxygen atoms in total. The van der Waals surface area contributed by atoms with E-state index in [1.165, 1.54) is 0 Å². The van der Waals surface area contributed by atoms with Crippen molar-refractivity contribution in [3.05, 3.63) is 29.6 Å². The molecule has 0 saturated carbocycles. The summed E-state index contributed by atoms with van der Waals surface area (Å²) in [6.07, 6.45) is 1.57. The molecule has 1 aromatic heterocycles. The lowest BCUT2D eigenvalue weighted by atomic mass is 10.2. The first-order chi connectivity index (χ1) is 7.50. The molecule has 0 aliphatic carbocycles. The number of nitrogens with two attached hydrogens (primary N) is 1. The topological polar surface area (TPSA) is 128 Å². The van der Waals surface area contributed by atoms with Crippen molar-refractivity contribution in [2.75, 3.05) is 0 Å². The number of nitrogens with zero attached hydrogens (tertiary/aromatic N) is 1. The Labute approximate surface area is 92.1 Å². The highest BCUT2D eigenvalue weighted by molar-refractivity contribution is 6.08. The molecule has 0 bridgehead atoms. The van der Waals surface area contributed by atoms with Crippen LogP contribution in [-0.4, -0.2) is 22.8 Å². The van der Waals surface area contributed by atoms with Crippen LogP contribution in [0.15, 0.2) is 18.3 Å². The van der Waals surface area contributed by atoms with Gasteiger partial charge in [0.15, 0.2) is 5.96 Å². The smallest absolute Gasteiger partial charge is 0.259 e. The number of guanidine groups is 2. The normalized spacial score (nSPS) is 9.31. The summed E-state index contributed by atoms with van der Waals surface area (Å²) >= 11 is 0. The molecule has 0 saturated heterocycles. The third-order valence-electron chi connectivity index (χ3n) is 1.75. The van der Waals surface area contributed by atoms with Gasteiger partial charge in [-0.15, -0.1) is 0 Å². The van der Waals surface area contributed by atoms with Crippen molar-refractivity contribution >= 4 is 17.8 Å². The van der Waals surface area contributed by atoms with E-state index >= 15 is 0 Å². The van der Waals surface area contributed by atoms with Gasteiger partial charge in [-0.2, -0.15) is 0 Å². The van der Waals surface area contributed by atoms with Crippen LogP contribution in [0.2, 0.25) is 0 Å². The van der Waals surface area contributed by atoms with Crippen LogP contribution in [0.1, 0.15) is 16.1 Å². The predicted octanol–water partition coefficient (Wildman–Crippen LogP) is -0.462. The Morgan fingerprint density at radius 2 is 2.12 bits per heavy atom. The standard InChI is InChI=1S/C9H12N6O/c1-5-6(3-2-4-13-5)7(16)14-9(12)15-8(10)11/h2-4H,1H3,(H6,10,11,12,14,15,16). The maximum absolute atomic E-state index is 11.6. The second-order valence-electron chi connectivity index (χ2n) is 3.00. The summed E-state index contributed by atoms with van der Waals surface area (Å²) in [6, 6.07) is 3.22. The van der Waals surface area contributed by atoms with Gasteiger partial charge in [0.05, 0.1) is 5.56 Å². The first kappa shape index (κ1) is 11.6. The predicted molar refractivity (Wildman–Crippen MR) is 59.2 cm³/mol. The average molecular weight is 220 g/mol. The highest BCUT2D eigenvalue weighted by Crippen LogP contribution is 2.02. The van der Waals surface area contributed by atoms with E-state index in [2.05, 4.69) is 15.6 Å². The van der Waals surface area contributed by atoms with Crippen molar-refractivity contribution in [2.24, 2.45) is 5.73 Å². The van der Waals surface area contributed by atoms with Crippen LogP contribution in [0.25, 0.3) is 0 Å². The van der Waals surface area contributed by atoms with E-state index in [1.807, 2.05) is 0 Å². The summed E-state index contributed by atoms with van der Waals surface area (Å²) in [5.74, 6) is -1.22. The van der Waals surface area contributed by atoms with Gasteiger partial charge in [-0.3, -0.25) is 31.2 Å². The number of carbonyl (C=O) groups is 1. The van der Waals surface area contributed by atoms with Crippen molar-refractivity contribution in [2.45, 2.75) is 6.92 Å². The molecule has 1 amide bonds. The number of hydrogen-bond acceptors (Lipinski definition) is 4. The number of aromatic nitrogens is 1. The molecular formula is C9H12N6O. The molecule has 7 heteroatoms. The Bertz CT molecular complexity index is 441. The minimum absolute atomic E-state index is 0.347. The lowest BCUT2D eigenvalue weighted by Crippen LogP contribution is -2.45. The number of hydrogen-bond donors (Lipinski definition) is 5. The molecule has 1 heterocycles. The van der Waals surface area contributed by atoms with E-state index in [4.69, 9.17) is 16.6 Å². The number of nitrogens with one attached hydrogen (secondary N) is 4. The Balaban J connectivity index is 2.70. The fraction of sp³-hybridized carbons (Fsp3) is 0.111. The molecule has 0 atom stereocenters. The van der Waals surface area contributed by atoms with E-state index in [1.54, 1.807) is 25.3 Å². The first-order valence-corrected chi connectivity index (χ1v) is 4.43. The zero-order chi connectivity index (χ0) is 12.1. The molecule has 0 fully saturated rings. The van der Waals surface area contributed by atoms with Gasteiger partial charge in [0.25, 0.3) is 5.91 Å². The van der Waals surface area contributed by atoms with Crippen LogP contribution in [0.5, 0.6) is 0 Å². The number of amides is 1. The van der Waals surface area contributed by atoms with Crippen molar-refractivity contribution < 1.29 is 4.79 Å². The third-order valence-corrected chi connectivity index (χ3v) is 1.75. The molecular weight excluding hydrogens is 208 g/mol. The van der Waals surface area contributed by atoms with E-state index < -0.39 is 11.9 Å². The number of rotatable bonds is 1. The molecule has 6 N–H and O–H groups in total. The molecule has 0 unspecified atom stereocenters. The minimum Gasteiger partial charge on any atom is -0.370 e. The van der Waals surface area contributed by atoms with Gasteiger partial charge in [0.2, 0.25) is 5.96 Å². The van der Waals surface area contributed by atoms with Crippen LogP contribution in [0.3, 0.4) is 0 Å². The molecule has 0 radical (unpaired) electrons. The molecule has 0 aromatic carbocycles. The van der Waals surface area contributed by atoms with E-state index in [9.17, 15) is 4.79 Å². The number of pyridine rings is 1. The number of aryl methyl sites for hydroxylation is 1. The van der Waals surface area contributed by atoms with Crippen molar-refractivity contribution in [3.8, 4) is 0 Å². The van der Waals surface area contributed by atoms with Crippen LogP contribution >= 0.6 is 0 Å². The highest BCUT2D eigenvalue weighted by Gasteiger charge is 2.10. The average Bonchev–Trinajstić information content (AvgIpc) is 2.16. The number of carbonyl (C=O) groups excluding carboxylic acids is 1. The van der Waals surface area contributed by atoms with E-state index in [0.717, 1.165) is 0 Å². The maximum atomic E-state index is 11.6. The Morgan fingerprint density at radius 3 is 2.69 bits per heavy atom. The van der Waals surface area contributed by atoms with Crippen LogP contribution in [0, 0.1) is 17.7 Å². The van der Waals surface area contributed by atoms with Gasteiger partial charge in [-0.25, -0.2) is 0 Å². The summed E-state index contributed by atoms with van der Waals surface area (Å²) in [4.78, 5) is 15.6. The van der Waals surface area contributed by atoms with E-state index in [-0.39, 0.29) is 5.96 Å². The fourth-order valence-electron chi connectivity index (χ4n) is 1.07. The second-order valence-corrected chi connectivity index (χ2v) is 3.00. The molecule has 1 aromatic rings. The quantitative estimate of drug-likeness (QED) is 0.324. The van der Waals surface area contributed by atoms with Gasteiger partial charge in [-0.05, 0) is 19.1 Å². The summed E-state index contributed by atoms with van der Waals surface area (Å²) in [6.45, 7) is 1.69. The second kappa shape index (κ2) is 4.87. The maximum Gasteiger partial charge on any atom is 0.259 e. The van der Waals surface area contributed by atoms with Gasteiger partial charge in [0.1, 0.15) is 0 Å². The van der Waals surface area contributed by atoms with Crippen LogP contribution in [-0.2, 0) is 0 Å². The molecule has 1 rings (SSSR count). The highest BCUT2D eigenvalue weighted by atomic mass is 16.1. The Morgan fingerprint density at radius 1 is 1.44 bits per heavy atom. The summed E-state index contributed by atoms with van der Waals surface area (Å²) in [7, 11) is 0. The lowest BCUT2D eigenvalue weighted by molar-refractivity contribution is 0.0975. The monoisotopic (exact) mass is 220 g/mol. The zero-order valence-corrected chi connectivity index (χ0v) is 8.66. The molecule has 0 spiro atoms. The third kappa shape index (κ3) is 3.05. The van der Waals surface area contributed by atoms with Crippen molar-refractivity contribution in [1.29, 1.82) is 10.8 Å². The molecule has 84 valence electrons. The van der Waals surface area contributed by atoms with Gasteiger partial charge >= 0.3 is 0 Å². The Hall–Kier alpha value is -2.44. The Kier molecular flexibility index (Phi) is 3.54. The van der Waals surface area contributed by atoms with E-state index in [0.29, 0.717) is 11.3 Å². The fourth-order valence-corrected chi connectivity index (χ4v) is 1.07. The molecule has 0 aliphatic heterocycles. The van der Waals surface area contributed by atoms with Crippen molar-refractivity contribution in [1.82, 2.24) is 15.6 Å². The lowest BCUT2D eigenvalue weighted by Gasteiger charge is -2.08. The summed E-state index contributed by atoms with van der Waals surface area (Å²) < 4.78 is 0. The van der Waals surface area contributed by atoms with Gasteiger partial charge in [0, 0.05) is 11.9 Å². The largest absolute Gasteiger partial charge is 0.370 e. The minimum atomic E-state index is -0.468. The summed E-state index contributed by atoms with van der Waals surface area (Å²) in [5, 5.41) is 18.6. The van der Waals surface area contributed by atoms with Crippen LogP contribution in [0.4, 0.5) is 0 Å². The zero-order valence-electron chi connectivity index (χ0n) is 8.66. The summed E-state index contributed by atoms with van der Waals surface area (Å²) in [5.41, 5.74) is 5.94. The van der Waals surface area contributed by atoms with Crippen LogP contribution < -0.4 is 16.4 Å². The van der Waals surface area contributed by atoms with Gasteiger partial charge < -0.3 is 5.73 Å². The van der Waals surface area contributed by atoms with Crippen molar-refractivity contribution in [3.63, 3.8) is 0 Å². The SMILES string of the molecule is Cc1ncccc1C(=O)NC(=N)NC(=N)N. The molecule has 16 heavy (non-hydrogen) atoms. The first-order valence-electron chi connectivity index (χ1n) is 4.43.